The molecule has 0 radical (unpaired) electrons. The highest BCUT2D eigenvalue weighted by molar-refractivity contribution is 7.92. The first-order valence-corrected chi connectivity index (χ1v) is 10.5. The van der Waals surface area contributed by atoms with E-state index in [1.54, 1.807) is 12.1 Å². The number of hydrogen-bond donors (Lipinski definition) is 2. The van der Waals surface area contributed by atoms with Gasteiger partial charge in [0, 0.05) is 12.1 Å². The number of nitrogens with zero attached hydrogens (tertiary/aromatic N) is 1. The minimum atomic E-state index is -4.14. The highest BCUT2D eigenvalue weighted by Crippen LogP contribution is 2.23. The zero-order chi connectivity index (χ0) is 21.7. The van der Waals surface area contributed by atoms with Crippen LogP contribution in [-0.4, -0.2) is 19.2 Å². The van der Waals surface area contributed by atoms with Gasteiger partial charge in [-0.15, -0.1) is 0 Å². The smallest absolute Gasteiger partial charge is 0.270 e. The second-order valence-corrected chi connectivity index (χ2v) is 8.19. The van der Waals surface area contributed by atoms with E-state index in [1.165, 1.54) is 30.3 Å². The molecule has 0 bridgehead atoms. The van der Waals surface area contributed by atoms with E-state index in [9.17, 15) is 23.3 Å². The third-order valence-electron chi connectivity index (χ3n) is 4.40. The van der Waals surface area contributed by atoms with Crippen molar-refractivity contribution in [2.45, 2.75) is 17.9 Å². The molecular weight excluding hydrogens is 406 g/mol. The number of anilines is 1. The molecule has 30 heavy (non-hydrogen) atoms. The van der Waals surface area contributed by atoms with Crippen LogP contribution >= 0.6 is 0 Å². The van der Waals surface area contributed by atoms with Crippen molar-refractivity contribution in [3.63, 3.8) is 0 Å². The van der Waals surface area contributed by atoms with Gasteiger partial charge in [-0.05, 0) is 30.7 Å². The first-order chi connectivity index (χ1) is 14.3. The number of rotatable bonds is 7. The molecule has 0 saturated heterocycles. The van der Waals surface area contributed by atoms with E-state index in [0.29, 0.717) is 0 Å². The number of para-hydroxylation sites is 1. The van der Waals surface area contributed by atoms with Gasteiger partial charge in [-0.2, -0.15) is 0 Å². The molecule has 0 heterocycles. The second kappa shape index (κ2) is 8.75. The molecule has 154 valence electrons. The number of carbonyl (C=O) groups excluding carboxylic acids is 1. The van der Waals surface area contributed by atoms with Crippen molar-refractivity contribution in [1.29, 1.82) is 0 Å². The monoisotopic (exact) mass is 425 g/mol. The number of non-ortho nitro benzene ring substituents is 1. The van der Waals surface area contributed by atoms with Crippen molar-refractivity contribution in [3.05, 3.63) is 100 Å². The van der Waals surface area contributed by atoms with Crippen LogP contribution in [0.4, 0.5) is 11.4 Å². The van der Waals surface area contributed by atoms with Crippen LogP contribution in [0.5, 0.6) is 0 Å². The fraction of sp³-hybridized carbons (Fsp3) is 0.0952. The molecule has 9 heteroatoms. The predicted octanol–water partition coefficient (Wildman–Crippen LogP) is 3.89. The van der Waals surface area contributed by atoms with Gasteiger partial charge in [0.1, 0.15) is 0 Å². The summed E-state index contributed by atoms with van der Waals surface area (Å²) in [6.07, 6.45) is 0. The highest BCUT2D eigenvalue weighted by atomic mass is 32.2. The van der Waals surface area contributed by atoms with E-state index in [1.807, 2.05) is 37.3 Å². The van der Waals surface area contributed by atoms with Crippen LogP contribution in [0.2, 0.25) is 0 Å². The Kier molecular flexibility index (Phi) is 6.12. The van der Waals surface area contributed by atoms with Crippen molar-refractivity contribution in [2.75, 3.05) is 4.72 Å². The second-order valence-electron chi connectivity index (χ2n) is 6.51. The Hall–Kier alpha value is -3.72. The van der Waals surface area contributed by atoms with E-state index >= 15 is 0 Å². The molecule has 0 spiro atoms. The summed E-state index contributed by atoms with van der Waals surface area (Å²) in [6.45, 7) is 1.82. The molecule has 0 aliphatic rings. The van der Waals surface area contributed by atoms with Gasteiger partial charge in [0.05, 0.1) is 27.1 Å². The lowest BCUT2D eigenvalue weighted by Crippen LogP contribution is -2.28. The molecular formula is C21H19N3O5S. The molecule has 0 saturated carbocycles. The Morgan fingerprint density at radius 1 is 0.967 bits per heavy atom. The Balaban J connectivity index is 1.85. The standard InChI is InChI=1S/C21H19N3O5S/c1-15(16-8-3-2-4-9-16)22-21(25)19-12-5-6-13-20(19)23-30(28,29)18-11-7-10-17(14-18)24(26)27/h2-15,23H,1H3,(H,22,25)/t15-/m0/s1. The van der Waals surface area contributed by atoms with Crippen LogP contribution in [0.1, 0.15) is 28.9 Å². The Morgan fingerprint density at radius 2 is 1.63 bits per heavy atom. The molecule has 0 aliphatic heterocycles. The molecule has 1 atom stereocenters. The van der Waals surface area contributed by atoms with Crippen molar-refractivity contribution in [2.24, 2.45) is 0 Å². The molecule has 0 aliphatic carbocycles. The summed E-state index contributed by atoms with van der Waals surface area (Å²) in [5.74, 6) is -0.455. The van der Waals surface area contributed by atoms with Crippen molar-refractivity contribution < 1.29 is 18.1 Å². The quantitative estimate of drug-likeness (QED) is 0.440. The fourth-order valence-electron chi connectivity index (χ4n) is 2.84. The van der Waals surface area contributed by atoms with Gasteiger partial charge in [0.15, 0.2) is 0 Å². The number of hydrogen-bond acceptors (Lipinski definition) is 5. The average molecular weight is 425 g/mol. The zero-order valence-electron chi connectivity index (χ0n) is 16.0. The number of nitro benzene ring substituents is 1. The first-order valence-electron chi connectivity index (χ1n) is 9.00. The number of nitrogens with one attached hydrogen (secondary N) is 2. The van der Waals surface area contributed by atoms with E-state index in [-0.39, 0.29) is 27.9 Å². The molecule has 3 aromatic carbocycles. The summed E-state index contributed by atoms with van der Waals surface area (Å²) in [7, 11) is -4.14. The lowest BCUT2D eigenvalue weighted by atomic mass is 10.1. The largest absolute Gasteiger partial charge is 0.345 e. The molecule has 2 N–H and O–H groups in total. The van der Waals surface area contributed by atoms with Gasteiger partial charge in [0.2, 0.25) is 0 Å². The summed E-state index contributed by atoms with van der Waals surface area (Å²) in [5.41, 5.74) is 0.761. The van der Waals surface area contributed by atoms with Crippen LogP contribution in [0.25, 0.3) is 0 Å². The summed E-state index contributed by atoms with van der Waals surface area (Å²) in [5, 5.41) is 13.8. The molecule has 3 aromatic rings. The summed E-state index contributed by atoms with van der Waals surface area (Å²) >= 11 is 0. The first kappa shape index (κ1) is 21.0. The van der Waals surface area contributed by atoms with Crippen LogP contribution < -0.4 is 10.0 Å². The summed E-state index contributed by atoms with van der Waals surface area (Å²) in [6, 6.07) is 19.9. The highest BCUT2D eigenvalue weighted by Gasteiger charge is 2.21. The lowest BCUT2D eigenvalue weighted by molar-refractivity contribution is -0.385. The van der Waals surface area contributed by atoms with Crippen LogP contribution in [0.3, 0.4) is 0 Å². The molecule has 3 rings (SSSR count). The summed E-state index contributed by atoms with van der Waals surface area (Å²) < 4.78 is 27.8. The normalized spacial score (nSPS) is 12.0. The van der Waals surface area contributed by atoms with Crippen LogP contribution in [0, 0.1) is 10.1 Å². The maximum atomic E-state index is 12.8. The average Bonchev–Trinajstić information content (AvgIpc) is 2.74. The molecule has 0 fully saturated rings. The van der Waals surface area contributed by atoms with Crippen LogP contribution in [0.15, 0.2) is 83.8 Å². The molecule has 0 aromatic heterocycles. The van der Waals surface area contributed by atoms with E-state index in [2.05, 4.69) is 10.0 Å². The molecule has 1 amide bonds. The SMILES string of the molecule is C[C@H](NC(=O)c1ccccc1NS(=O)(=O)c1cccc([N+](=O)[O-])c1)c1ccccc1. The van der Waals surface area contributed by atoms with Crippen molar-refractivity contribution in [3.8, 4) is 0 Å². The van der Waals surface area contributed by atoms with Gasteiger partial charge in [-0.1, -0.05) is 48.5 Å². The minimum absolute atomic E-state index is 0.0711. The zero-order valence-corrected chi connectivity index (χ0v) is 16.8. The number of carbonyl (C=O) groups is 1. The minimum Gasteiger partial charge on any atom is -0.345 e. The van der Waals surface area contributed by atoms with E-state index in [4.69, 9.17) is 0 Å². The summed E-state index contributed by atoms with van der Waals surface area (Å²) in [4.78, 5) is 22.8. The Morgan fingerprint density at radius 3 is 2.33 bits per heavy atom. The van der Waals surface area contributed by atoms with Gasteiger partial charge >= 0.3 is 0 Å². The number of amides is 1. The maximum Gasteiger partial charge on any atom is 0.270 e. The number of sulfonamides is 1. The molecule has 8 nitrogen and oxygen atoms in total. The third kappa shape index (κ3) is 4.81. The topological polar surface area (TPSA) is 118 Å². The van der Waals surface area contributed by atoms with Crippen LogP contribution in [-0.2, 0) is 10.0 Å². The van der Waals surface area contributed by atoms with Crippen molar-refractivity contribution in [1.82, 2.24) is 5.32 Å². The third-order valence-corrected chi connectivity index (χ3v) is 5.77. The molecule has 0 unspecified atom stereocenters. The Bertz CT molecular complexity index is 1180. The van der Waals surface area contributed by atoms with Gasteiger partial charge < -0.3 is 5.32 Å². The fourth-order valence-corrected chi connectivity index (χ4v) is 3.96. The van der Waals surface area contributed by atoms with Gasteiger partial charge in [0.25, 0.3) is 21.6 Å². The predicted molar refractivity (Wildman–Crippen MR) is 113 cm³/mol. The lowest BCUT2D eigenvalue weighted by Gasteiger charge is -2.17. The number of benzene rings is 3. The van der Waals surface area contributed by atoms with Gasteiger partial charge in [-0.25, -0.2) is 8.42 Å². The van der Waals surface area contributed by atoms with E-state index in [0.717, 1.165) is 11.6 Å². The maximum absolute atomic E-state index is 12.8. The number of nitro groups is 1. The van der Waals surface area contributed by atoms with Gasteiger partial charge in [-0.3, -0.25) is 19.6 Å². The van der Waals surface area contributed by atoms with E-state index < -0.39 is 20.9 Å². The van der Waals surface area contributed by atoms with Crippen molar-refractivity contribution >= 4 is 27.3 Å². The Labute approximate surface area is 173 Å².